The molecule has 1 aromatic rings. The van der Waals surface area contributed by atoms with Crippen molar-refractivity contribution in [2.45, 2.75) is 24.9 Å². The number of H-pyrrole nitrogens is 1. The lowest BCUT2D eigenvalue weighted by Crippen LogP contribution is -1.97. The van der Waals surface area contributed by atoms with Gasteiger partial charge >= 0.3 is 0 Å². The van der Waals surface area contributed by atoms with E-state index in [1.165, 1.54) is 12.8 Å². The number of aromatic amines is 1. The number of halogens is 1. The second-order valence-corrected chi connectivity index (χ2v) is 4.99. The van der Waals surface area contributed by atoms with Crippen LogP contribution in [-0.4, -0.2) is 21.1 Å². The summed E-state index contributed by atoms with van der Waals surface area (Å²) >= 11 is 5.25. The quantitative estimate of drug-likeness (QED) is 0.630. The molecule has 0 aliphatic rings. The Morgan fingerprint density at radius 1 is 1.62 bits per heavy atom. The van der Waals surface area contributed by atoms with E-state index in [4.69, 9.17) is 0 Å². The molecule has 0 bridgehead atoms. The Labute approximate surface area is 92.0 Å². The first-order chi connectivity index (χ1) is 6.33. The van der Waals surface area contributed by atoms with Crippen LogP contribution in [0.4, 0.5) is 0 Å². The van der Waals surface area contributed by atoms with Crippen molar-refractivity contribution in [2.24, 2.45) is 5.92 Å². The number of nitrogens with one attached hydrogen (secondary N) is 1. The summed E-state index contributed by atoms with van der Waals surface area (Å²) in [5.41, 5.74) is 0. The fourth-order valence-corrected chi connectivity index (χ4v) is 2.80. The minimum absolute atomic E-state index is 0.807. The van der Waals surface area contributed by atoms with Gasteiger partial charge in [0.15, 0.2) is 5.16 Å². The zero-order chi connectivity index (χ0) is 9.52. The monoisotopic (exact) mass is 262 g/mol. The molecule has 2 nitrogen and oxygen atoms in total. The van der Waals surface area contributed by atoms with Gasteiger partial charge in [0.2, 0.25) is 0 Å². The first-order valence-electron chi connectivity index (χ1n) is 4.51. The van der Waals surface area contributed by atoms with Crippen LogP contribution in [0.3, 0.4) is 0 Å². The van der Waals surface area contributed by atoms with Crippen molar-refractivity contribution in [1.82, 2.24) is 9.97 Å². The molecule has 0 saturated carbocycles. The van der Waals surface area contributed by atoms with Gasteiger partial charge in [-0.25, -0.2) is 4.98 Å². The molecule has 1 rings (SSSR count). The van der Waals surface area contributed by atoms with Gasteiger partial charge in [-0.15, -0.1) is 0 Å². The number of rotatable bonds is 6. The Kier molecular flexibility index (Phi) is 5.55. The van der Waals surface area contributed by atoms with Crippen LogP contribution in [-0.2, 0) is 0 Å². The molecule has 0 radical (unpaired) electrons. The number of hydrogen-bond donors (Lipinski definition) is 1. The van der Waals surface area contributed by atoms with E-state index in [0.29, 0.717) is 0 Å². The van der Waals surface area contributed by atoms with Gasteiger partial charge in [0, 0.05) is 23.5 Å². The van der Waals surface area contributed by atoms with Crippen LogP contribution in [0.2, 0.25) is 0 Å². The number of thioether (sulfide) groups is 1. The number of aromatic nitrogens is 2. The van der Waals surface area contributed by atoms with Crippen LogP contribution in [0.5, 0.6) is 0 Å². The fourth-order valence-electron chi connectivity index (χ4n) is 1.02. The summed E-state index contributed by atoms with van der Waals surface area (Å²) in [4.78, 5) is 7.24. The summed E-state index contributed by atoms with van der Waals surface area (Å²) in [5, 5.41) is 2.14. The largest absolute Gasteiger partial charge is 0.340 e. The van der Waals surface area contributed by atoms with Crippen LogP contribution in [0, 0.1) is 5.92 Å². The van der Waals surface area contributed by atoms with Crippen LogP contribution < -0.4 is 0 Å². The van der Waals surface area contributed by atoms with Crippen LogP contribution in [0.1, 0.15) is 19.8 Å². The summed E-state index contributed by atoms with van der Waals surface area (Å²) in [6.45, 7) is 2.30. The Hall–Kier alpha value is 0.0400. The molecule has 74 valence electrons. The zero-order valence-electron chi connectivity index (χ0n) is 7.79. The summed E-state index contributed by atoms with van der Waals surface area (Å²) in [7, 11) is 0. The molecule has 0 saturated heterocycles. The molecule has 4 heteroatoms. The summed E-state index contributed by atoms with van der Waals surface area (Å²) in [6.07, 6.45) is 6.18. The Morgan fingerprint density at radius 3 is 3.08 bits per heavy atom. The number of hydrogen-bond acceptors (Lipinski definition) is 2. The minimum Gasteiger partial charge on any atom is -0.340 e. The molecular formula is C9H15BrN2S. The molecule has 13 heavy (non-hydrogen) atoms. The lowest BCUT2D eigenvalue weighted by molar-refractivity contribution is 0.555. The molecule has 0 aliphatic carbocycles. The van der Waals surface area contributed by atoms with E-state index in [9.17, 15) is 0 Å². The van der Waals surface area contributed by atoms with E-state index >= 15 is 0 Å². The van der Waals surface area contributed by atoms with E-state index in [2.05, 4.69) is 32.8 Å². The third-order valence-corrected chi connectivity index (χ3v) is 3.32. The van der Waals surface area contributed by atoms with Crippen molar-refractivity contribution >= 4 is 27.7 Å². The first-order valence-corrected chi connectivity index (χ1v) is 6.61. The Morgan fingerprint density at radius 2 is 2.46 bits per heavy atom. The predicted molar refractivity (Wildman–Crippen MR) is 61.5 cm³/mol. The fraction of sp³-hybridized carbons (Fsp3) is 0.667. The smallest absolute Gasteiger partial charge is 0.165 e. The van der Waals surface area contributed by atoms with Gasteiger partial charge in [-0.05, 0) is 18.8 Å². The van der Waals surface area contributed by atoms with Crippen molar-refractivity contribution in [1.29, 1.82) is 0 Å². The molecule has 0 spiro atoms. The van der Waals surface area contributed by atoms with Gasteiger partial charge in [0.1, 0.15) is 0 Å². The standard InChI is InChI=1S/C9H15BrN2S/c1-8(2-4-10)3-7-13-9-11-5-6-12-9/h5-6,8H,2-4,7H2,1H3,(H,11,12). The number of imidazole rings is 1. The Bertz CT molecular complexity index is 213. The van der Waals surface area contributed by atoms with Crippen molar-refractivity contribution in [3.8, 4) is 0 Å². The molecule has 0 fully saturated rings. The highest BCUT2D eigenvalue weighted by molar-refractivity contribution is 9.09. The molecule has 1 N–H and O–H groups in total. The van der Waals surface area contributed by atoms with Gasteiger partial charge in [-0.2, -0.15) is 0 Å². The highest BCUT2D eigenvalue weighted by Crippen LogP contribution is 2.17. The highest BCUT2D eigenvalue weighted by atomic mass is 79.9. The van der Waals surface area contributed by atoms with Crippen molar-refractivity contribution in [2.75, 3.05) is 11.1 Å². The lowest BCUT2D eigenvalue weighted by Gasteiger charge is -2.07. The van der Waals surface area contributed by atoms with Crippen molar-refractivity contribution < 1.29 is 0 Å². The zero-order valence-corrected chi connectivity index (χ0v) is 10.2. The molecule has 1 aromatic heterocycles. The second kappa shape index (κ2) is 6.49. The van der Waals surface area contributed by atoms with Crippen molar-refractivity contribution in [3.63, 3.8) is 0 Å². The van der Waals surface area contributed by atoms with Gasteiger partial charge in [0.25, 0.3) is 0 Å². The molecular weight excluding hydrogens is 248 g/mol. The topological polar surface area (TPSA) is 28.7 Å². The molecule has 1 atom stereocenters. The molecule has 1 heterocycles. The number of nitrogens with zero attached hydrogens (tertiary/aromatic N) is 1. The normalized spacial score (nSPS) is 13.1. The lowest BCUT2D eigenvalue weighted by atomic mass is 10.1. The number of alkyl halides is 1. The summed E-state index contributed by atoms with van der Waals surface area (Å²) in [6, 6.07) is 0. The van der Waals surface area contributed by atoms with E-state index in [0.717, 1.165) is 22.2 Å². The van der Waals surface area contributed by atoms with E-state index in [-0.39, 0.29) is 0 Å². The predicted octanol–water partition coefficient (Wildman–Crippen LogP) is 3.31. The maximum Gasteiger partial charge on any atom is 0.165 e. The van der Waals surface area contributed by atoms with Gasteiger partial charge in [-0.1, -0.05) is 34.6 Å². The SMILES string of the molecule is CC(CCBr)CCSc1ncc[nH]1. The van der Waals surface area contributed by atoms with E-state index in [1.807, 2.05) is 6.20 Å². The molecule has 0 amide bonds. The maximum absolute atomic E-state index is 4.16. The molecule has 0 aromatic carbocycles. The average Bonchev–Trinajstić information content (AvgIpc) is 2.57. The third kappa shape index (κ3) is 4.72. The first kappa shape index (κ1) is 11.1. The molecule has 1 unspecified atom stereocenters. The highest BCUT2D eigenvalue weighted by Gasteiger charge is 2.02. The van der Waals surface area contributed by atoms with Gasteiger partial charge < -0.3 is 4.98 Å². The van der Waals surface area contributed by atoms with E-state index in [1.54, 1.807) is 18.0 Å². The van der Waals surface area contributed by atoms with Crippen LogP contribution >= 0.6 is 27.7 Å². The average molecular weight is 263 g/mol. The second-order valence-electron chi connectivity index (χ2n) is 3.11. The van der Waals surface area contributed by atoms with Crippen molar-refractivity contribution in [3.05, 3.63) is 12.4 Å². The maximum atomic E-state index is 4.16. The minimum atomic E-state index is 0.807. The third-order valence-electron chi connectivity index (χ3n) is 1.92. The summed E-state index contributed by atoms with van der Waals surface area (Å²) < 4.78 is 0. The van der Waals surface area contributed by atoms with Gasteiger partial charge in [-0.3, -0.25) is 0 Å². The Balaban J connectivity index is 2.07. The van der Waals surface area contributed by atoms with E-state index < -0.39 is 0 Å². The molecule has 0 aliphatic heterocycles. The van der Waals surface area contributed by atoms with Gasteiger partial charge in [0.05, 0.1) is 0 Å². The van der Waals surface area contributed by atoms with Crippen LogP contribution in [0.25, 0.3) is 0 Å². The summed E-state index contributed by atoms with van der Waals surface area (Å²) in [5.74, 6) is 1.96. The van der Waals surface area contributed by atoms with Crippen LogP contribution in [0.15, 0.2) is 17.6 Å².